The van der Waals surface area contributed by atoms with Crippen molar-refractivity contribution in [1.29, 1.82) is 0 Å². The third kappa shape index (κ3) is 4.21. The van der Waals surface area contributed by atoms with Gasteiger partial charge < -0.3 is 14.8 Å². The SMILES string of the molecule is CC(=O)C[C@@H](C)C(=O)N1C[C@H](O)C[C@H]1C(=O)C[C@H]1C[C@@H]1c1ccccc1. The van der Waals surface area contributed by atoms with Gasteiger partial charge in [-0.3, -0.25) is 9.59 Å². The van der Waals surface area contributed by atoms with E-state index < -0.39 is 18.1 Å². The van der Waals surface area contributed by atoms with Gasteiger partial charge >= 0.3 is 0 Å². The summed E-state index contributed by atoms with van der Waals surface area (Å²) in [6.07, 6.45) is 1.26. The van der Waals surface area contributed by atoms with Crippen molar-refractivity contribution < 1.29 is 19.5 Å². The van der Waals surface area contributed by atoms with Gasteiger partial charge in [0.05, 0.1) is 12.1 Å². The molecule has 1 aromatic rings. The molecular formula is C21H27NO4. The summed E-state index contributed by atoms with van der Waals surface area (Å²) in [6, 6.07) is 9.64. The third-order valence-corrected chi connectivity index (χ3v) is 5.56. The zero-order valence-corrected chi connectivity index (χ0v) is 15.4. The number of hydrogen-bond acceptors (Lipinski definition) is 4. The van der Waals surface area contributed by atoms with E-state index in [1.54, 1.807) is 6.92 Å². The Balaban J connectivity index is 1.60. The number of ketones is 2. The monoisotopic (exact) mass is 357 g/mol. The van der Waals surface area contributed by atoms with Crippen molar-refractivity contribution in [3.63, 3.8) is 0 Å². The Labute approximate surface area is 154 Å². The van der Waals surface area contributed by atoms with Gasteiger partial charge in [-0.1, -0.05) is 37.3 Å². The highest BCUT2D eigenvalue weighted by molar-refractivity contribution is 5.92. The van der Waals surface area contributed by atoms with E-state index in [9.17, 15) is 19.5 Å². The fraction of sp³-hybridized carbons (Fsp3) is 0.571. The quantitative estimate of drug-likeness (QED) is 0.813. The van der Waals surface area contributed by atoms with E-state index in [-0.39, 0.29) is 30.4 Å². The van der Waals surface area contributed by atoms with Gasteiger partial charge in [0.2, 0.25) is 5.91 Å². The number of β-amino-alcohol motifs (C(OH)–C–C–N with tert-alkyl or cyclic N) is 1. The second-order valence-corrected chi connectivity index (χ2v) is 7.89. The van der Waals surface area contributed by atoms with E-state index in [1.807, 2.05) is 18.2 Å². The minimum Gasteiger partial charge on any atom is -0.391 e. The molecule has 1 aromatic carbocycles. The summed E-state index contributed by atoms with van der Waals surface area (Å²) in [5, 5.41) is 10.00. The molecule has 3 rings (SSSR count). The Morgan fingerprint density at radius 3 is 2.54 bits per heavy atom. The predicted molar refractivity (Wildman–Crippen MR) is 97.5 cm³/mol. The molecule has 1 aliphatic carbocycles. The first-order valence-electron chi connectivity index (χ1n) is 9.42. The largest absolute Gasteiger partial charge is 0.391 e. The number of Topliss-reactive ketones (excluding diaryl/α,β-unsaturated/α-hetero) is 2. The molecule has 140 valence electrons. The van der Waals surface area contributed by atoms with Crippen molar-refractivity contribution in [3.8, 4) is 0 Å². The molecule has 1 amide bonds. The first-order valence-corrected chi connectivity index (χ1v) is 9.42. The Kier molecular flexibility index (Phi) is 5.56. The van der Waals surface area contributed by atoms with Gasteiger partial charge in [-0.25, -0.2) is 0 Å². The Bertz CT molecular complexity index is 687. The van der Waals surface area contributed by atoms with Crippen LogP contribution in [0.4, 0.5) is 0 Å². The first kappa shape index (κ1) is 18.8. The van der Waals surface area contributed by atoms with Crippen molar-refractivity contribution in [1.82, 2.24) is 4.90 Å². The summed E-state index contributed by atoms with van der Waals surface area (Å²) in [6.45, 7) is 3.36. The maximum atomic E-state index is 12.8. The van der Waals surface area contributed by atoms with Crippen molar-refractivity contribution in [3.05, 3.63) is 35.9 Å². The smallest absolute Gasteiger partial charge is 0.226 e. The van der Waals surface area contributed by atoms with Gasteiger partial charge in [0.15, 0.2) is 5.78 Å². The number of carbonyl (C=O) groups excluding carboxylic acids is 3. The van der Waals surface area contributed by atoms with Crippen LogP contribution in [0.1, 0.15) is 51.0 Å². The minimum absolute atomic E-state index is 0.0355. The van der Waals surface area contributed by atoms with Crippen LogP contribution < -0.4 is 0 Å². The molecule has 5 heteroatoms. The molecule has 26 heavy (non-hydrogen) atoms. The third-order valence-electron chi connectivity index (χ3n) is 5.56. The number of likely N-dealkylation sites (tertiary alicyclic amines) is 1. The van der Waals surface area contributed by atoms with Crippen molar-refractivity contribution >= 4 is 17.5 Å². The fourth-order valence-corrected chi connectivity index (χ4v) is 4.14. The molecule has 1 aliphatic heterocycles. The van der Waals surface area contributed by atoms with Crippen LogP contribution in [0.25, 0.3) is 0 Å². The zero-order chi connectivity index (χ0) is 18.8. The summed E-state index contributed by atoms with van der Waals surface area (Å²) < 4.78 is 0. The number of amides is 1. The van der Waals surface area contributed by atoms with Crippen LogP contribution in [0.2, 0.25) is 0 Å². The van der Waals surface area contributed by atoms with E-state index in [1.165, 1.54) is 17.4 Å². The number of hydrogen-bond donors (Lipinski definition) is 1. The molecule has 5 atom stereocenters. The molecule has 0 bridgehead atoms. The molecule has 0 unspecified atom stereocenters. The molecule has 0 spiro atoms. The van der Waals surface area contributed by atoms with Crippen molar-refractivity contribution in [2.75, 3.05) is 6.54 Å². The lowest BCUT2D eigenvalue weighted by molar-refractivity contribution is -0.141. The minimum atomic E-state index is -0.665. The molecule has 2 aliphatic rings. The Hall–Kier alpha value is -2.01. The molecule has 0 radical (unpaired) electrons. The average Bonchev–Trinajstić information content (AvgIpc) is 3.25. The van der Waals surface area contributed by atoms with Crippen LogP contribution in [0.5, 0.6) is 0 Å². The van der Waals surface area contributed by atoms with Crippen molar-refractivity contribution in [2.24, 2.45) is 11.8 Å². The summed E-state index contributed by atoms with van der Waals surface area (Å²) in [5.74, 6) is 0.0867. The number of rotatable bonds is 7. The molecule has 1 N–H and O–H groups in total. The predicted octanol–water partition coefficient (Wildman–Crippen LogP) is 2.33. The zero-order valence-electron chi connectivity index (χ0n) is 15.4. The fourth-order valence-electron chi connectivity index (χ4n) is 4.14. The number of benzene rings is 1. The van der Waals surface area contributed by atoms with Gasteiger partial charge in [-0.05, 0) is 30.7 Å². The highest BCUT2D eigenvalue weighted by atomic mass is 16.3. The van der Waals surface area contributed by atoms with Crippen LogP contribution >= 0.6 is 0 Å². The topological polar surface area (TPSA) is 74.7 Å². The first-order chi connectivity index (χ1) is 12.4. The van der Waals surface area contributed by atoms with Gasteiger partial charge in [0, 0.05) is 31.7 Å². The highest BCUT2D eigenvalue weighted by Gasteiger charge is 2.44. The maximum absolute atomic E-state index is 12.8. The van der Waals surface area contributed by atoms with Crippen LogP contribution in [-0.2, 0) is 14.4 Å². The van der Waals surface area contributed by atoms with E-state index >= 15 is 0 Å². The molecule has 1 saturated heterocycles. The lowest BCUT2D eigenvalue weighted by Gasteiger charge is -2.26. The molecular weight excluding hydrogens is 330 g/mol. The average molecular weight is 357 g/mol. The standard InChI is InChI=1S/C21H27NO4/c1-13(8-14(2)23)21(26)22-12-17(24)11-19(22)20(25)10-16-9-18(16)15-6-4-3-5-7-15/h3-7,13,16-19,24H,8-12H2,1-2H3/t13-,16-,17-,18-,19+/m1/s1. The molecule has 2 fully saturated rings. The normalized spacial score (nSPS) is 28.7. The Morgan fingerprint density at radius 1 is 1.19 bits per heavy atom. The molecule has 1 saturated carbocycles. The Morgan fingerprint density at radius 2 is 1.88 bits per heavy atom. The summed E-state index contributed by atoms with van der Waals surface area (Å²) in [4.78, 5) is 38.2. The summed E-state index contributed by atoms with van der Waals surface area (Å²) in [5.41, 5.74) is 1.26. The second-order valence-electron chi connectivity index (χ2n) is 7.89. The van der Waals surface area contributed by atoms with Crippen LogP contribution in [0.3, 0.4) is 0 Å². The number of aliphatic hydroxyl groups is 1. The lowest BCUT2D eigenvalue weighted by Crippen LogP contribution is -2.43. The lowest BCUT2D eigenvalue weighted by atomic mass is 9.99. The number of carbonyl (C=O) groups is 3. The van der Waals surface area contributed by atoms with Crippen LogP contribution in [0.15, 0.2) is 30.3 Å². The molecule has 1 heterocycles. The van der Waals surface area contributed by atoms with E-state index in [4.69, 9.17) is 0 Å². The van der Waals surface area contributed by atoms with Gasteiger partial charge in [0.1, 0.15) is 5.78 Å². The van der Waals surface area contributed by atoms with Crippen LogP contribution in [-0.4, -0.2) is 46.2 Å². The van der Waals surface area contributed by atoms with Gasteiger partial charge in [-0.15, -0.1) is 0 Å². The van der Waals surface area contributed by atoms with E-state index in [0.29, 0.717) is 24.7 Å². The summed E-state index contributed by atoms with van der Waals surface area (Å²) in [7, 11) is 0. The van der Waals surface area contributed by atoms with Crippen LogP contribution in [0, 0.1) is 11.8 Å². The number of nitrogens with zero attached hydrogens (tertiary/aromatic N) is 1. The second kappa shape index (κ2) is 7.70. The van der Waals surface area contributed by atoms with E-state index in [0.717, 1.165) is 6.42 Å². The maximum Gasteiger partial charge on any atom is 0.226 e. The summed E-state index contributed by atoms with van der Waals surface area (Å²) >= 11 is 0. The van der Waals surface area contributed by atoms with E-state index in [2.05, 4.69) is 12.1 Å². The van der Waals surface area contributed by atoms with Crippen molar-refractivity contribution in [2.45, 2.75) is 57.6 Å². The van der Waals surface area contributed by atoms with Gasteiger partial charge in [0.25, 0.3) is 0 Å². The van der Waals surface area contributed by atoms with Gasteiger partial charge in [-0.2, -0.15) is 0 Å². The number of aliphatic hydroxyl groups excluding tert-OH is 1. The highest BCUT2D eigenvalue weighted by Crippen LogP contribution is 2.50. The molecule has 0 aromatic heterocycles. The molecule has 5 nitrogen and oxygen atoms in total.